The summed E-state index contributed by atoms with van der Waals surface area (Å²) in [6, 6.07) is 17.0. The summed E-state index contributed by atoms with van der Waals surface area (Å²) in [5, 5.41) is 22.4. The Morgan fingerprint density at radius 1 is 1.23 bits per heavy atom. The summed E-state index contributed by atoms with van der Waals surface area (Å²) in [4.78, 5) is 24.3. The molecule has 26 heavy (non-hydrogen) atoms. The third-order valence-corrected chi connectivity index (χ3v) is 3.90. The van der Waals surface area contributed by atoms with Gasteiger partial charge in [0.05, 0.1) is 17.4 Å². The van der Waals surface area contributed by atoms with Crippen molar-refractivity contribution in [2.24, 2.45) is 0 Å². The van der Waals surface area contributed by atoms with Gasteiger partial charge in [0, 0.05) is 30.8 Å². The van der Waals surface area contributed by atoms with Crippen LogP contribution in [0.5, 0.6) is 0 Å². The number of benzene rings is 2. The molecule has 0 aliphatic carbocycles. The Hall–Kier alpha value is -3.31. The van der Waals surface area contributed by atoms with Crippen LogP contribution in [-0.4, -0.2) is 27.4 Å². The summed E-state index contributed by atoms with van der Waals surface area (Å²) < 4.78 is 0. The number of nitriles is 1. The predicted octanol–water partition coefficient (Wildman–Crippen LogP) is 3.03. The fraction of sp³-hybridized carbons (Fsp3) is 0.167. The molecular weight excluding hydrogens is 352 g/mol. The van der Waals surface area contributed by atoms with Crippen LogP contribution in [0.15, 0.2) is 54.6 Å². The van der Waals surface area contributed by atoms with Gasteiger partial charge < -0.3 is 4.90 Å². The van der Waals surface area contributed by atoms with Crippen molar-refractivity contribution < 1.29 is 9.72 Å². The highest BCUT2D eigenvalue weighted by atomic mass is 32.1. The summed E-state index contributed by atoms with van der Waals surface area (Å²) in [5.74, 6) is -0.534. The van der Waals surface area contributed by atoms with E-state index < -0.39 is 10.8 Å². The number of nitrogens with zero attached hydrogens (tertiary/aromatic N) is 3. The predicted molar refractivity (Wildman–Crippen MR) is 100 cm³/mol. The van der Waals surface area contributed by atoms with Crippen molar-refractivity contribution in [2.45, 2.75) is 13.0 Å². The number of hydrogen-bond acceptors (Lipinski definition) is 5. The van der Waals surface area contributed by atoms with Crippen molar-refractivity contribution in [1.29, 1.82) is 5.26 Å². The molecule has 0 heterocycles. The van der Waals surface area contributed by atoms with Crippen LogP contribution in [0.25, 0.3) is 0 Å². The van der Waals surface area contributed by atoms with Gasteiger partial charge in [-0.25, -0.2) is 0 Å². The van der Waals surface area contributed by atoms with Crippen LogP contribution in [0.2, 0.25) is 0 Å². The molecule has 2 aromatic rings. The molecule has 0 spiro atoms. The molecule has 8 heteroatoms. The molecule has 0 aliphatic heterocycles. The number of amides is 1. The molecule has 0 atom stereocenters. The number of hydrogen-bond donors (Lipinski definition) is 1. The Labute approximate surface area is 156 Å². The zero-order valence-electron chi connectivity index (χ0n) is 13.8. The lowest BCUT2D eigenvalue weighted by Gasteiger charge is -2.24. The molecule has 0 saturated carbocycles. The third-order valence-electron chi connectivity index (χ3n) is 3.54. The van der Waals surface area contributed by atoms with Crippen LogP contribution >= 0.6 is 12.2 Å². The van der Waals surface area contributed by atoms with Crippen molar-refractivity contribution in [2.75, 3.05) is 6.54 Å². The SMILES string of the molecule is N#CCCN(Cc1ccccc1)C(=S)NC(=O)c1cccc([N+](=O)[O-])c1. The minimum atomic E-state index is -0.566. The first-order chi connectivity index (χ1) is 12.5. The smallest absolute Gasteiger partial charge is 0.270 e. The van der Waals surface area contributed by atoms with Crippen molar-refractivity contribution in [3.63, 3.8) is 0 Å². The van der Waals surface area contributed by atoms with Crippen molar-refractivity contribution in [3.8, 4) is 6.07 Å². The zero-order chi connectivity index (χ0) is 18.9. The highest BCUT2D eigenvalue weighted by Crippen LogP contribution is 2.13. The van der Waals surface area contributed by atoms with E-state index in [4.69, 9.17) is 17.5 Å². The Morgan fingerprint density at radius 2 is 1.96 bits per heavy atom. The van der Waals surface area contributed by atoms with Gasteiger partial charge in [-0.05, 0) is 23.8 Å². The first-order valence-corrected chi connectivity index (χ1v) is 8.17. The molecule has 2 aromatic carbocycles. The van der Waals surface area contributed by atoms with Gasteiger partial charge in [0.15, 0.2) is 5.11 Å². The van der Waals surface area contributed by atoms with Gasteiger partial charge in [-0.2, -0.15) is 5.26 Å². The number of carbonyl (C=O) groups excluding carboxylic acids is 1. The van der Waals surface area contributed by atoms with E-state index in [1.165, 1.54) is 24.3 Å². The number of non-ortho nitro benzene ring substituents is 1. The van der Waals surface area contributed by atoms with E-state index in [0.29, 0.717) is 13.1 Å². The number of thiocarbonyl (C=S) groups is 1. The van der Waals surface area contributed by atoms with Crippen LogP contribution in [0, 0.1) is 21.4 Å². The molecule has 0 radical (unpaired) electrons. The molecule has 0 aliphatic rings. The molecule has 0 aromatic heterocycles. The van der Waals surface area contributed by atoms with Gasteiger partial charge in [-0.15, -0.1) is 0 Å². The van der Waals surface area contributed by atoms with Crippen LogP contribution in [0.4, 0.5) is 5.69 Å². The maximum absolute atomic E-state index is 12.3. The van der Waals surface area contributed by atoms with Crippen molar-refractivity contribution >= 4 is 28.9 Å². The average molecular weight is 368 g/mol. The van der Waals surface area contributed by atoms with Crippen LogP contribution in [0.1, 0.15) is 22.3 Å². The molecule has 2 rings (SSSR count). The summed E-state index contributed by atoms with van der Waals surface area (Å²) in [7, 11) is 0. The van der Waals surface area contributed by atoms with Gasteiger partial charge in [0.1, 0.15) is 0 Å². The number of carbonyl (C=O) groups is 1. The normalized spacial score (nSPS) is 9.81. The maximum Gasteiger partial charge on any atom is 0.270 e. The molecule has 0 unspecified atom stereocenters. The Kier molecular flexibility index (Phi) is 6.76. The minimum absolute atomic E-state index is 0.140. The second-order valence-corrected chi connectivity index (χ2v) is 5.77. The van der Waals surface area contributed by atoms with E-state index in [1.54, 1.807) is 4.90 Å². The minimum Gasteiger partial charge on any atom is -0.344 e. The standard InChI is InChI=1S/C18H16N4O3S/c19-10-5-11-21(13-14-6-2-1-3-7-14)18(26)20-17(23)15-8-4-9-16(12-15)22(24)25/h1-4,6-9,12H,5,11,13H2,(H,20,23,26). The monoisotopic (exact) mass is 368 g/mol. The molecule has 1 amide bonds. The fourth-order valence-corrected chi connectivity index (χ4v) is 2.50. The zero-order valence-corrected chi connectivity index (χ0v) is 14.6. The number of nitro benzene ring substituents is 1. The van der Waals surface area contributed by atoms with Gasteiger partial charge in [-0.3, -0.25) is 20.2 Å². The molecule has 0 fully saturated rings. The largest absolute Gasteiger partial charge is 0.344 e. The van der Waals surface area contributed by atoms with Crippen molar-refractivity contribution in [3.05, 3.63) is 75.8 Å². The van der Waals surface area contributed by atoms with E-state index in [0.717, 1.165) is 5.56 Å². The highest BCUT2D eigenvalue weighted by molar-refractivity contribution is 7.80. The molecule has 0 bridgehead atoms. The summed E-state index contributed by atoms with van der Waals surface area (Å²) in [6.07, 6.45) is 0.250. The first kappa shape index (κ1) is 19.0. The second-order valence-electron chi connectivity index (χ2n) is 5.38. The number of rotatable bonds is 6. The van der Waals surface area contributed by atoms with E-state index in [9.17, 15) is 14.9 Å². The first-order valence-electron chi connectivity index (χ1n) is 7.77. The lowest BCUT2D eigenvalue weighted by molar-refractivity contribution is -0.384. The van der Waals surface area contributed by atoms with Crippen LogP contribution < -0.4 is 5.32 Å². The molecule has 0 saturated heterocycles. The van der Waals surface area contributed by atoms with Crippen molar-refractivity contribution in [1.82, 2.24) is 10.2 Å². The maximum atomic E-state index is 12.3. The quantitative estimate of drug-likeness (QED) is 0.478. The van der Waals surface area contributed by atoms with E-state index in [-0.39, 0.29) is 22.8 Å². The Balaban J connectivity index is 2.10. The van der Waals surface area contributed by atoms with E-state index >= 15 is 0 Å². The lowest BCUT2D eigenvalue weighted by atomic mass is 10.2. The molecule has 132 valence electrons. The molecule has 1 N–H and O–H groups in total. The van der Waals surface area contributed by atoms with Gasteiger partial charge in [0.25, 0.3) is 11.6 Å². The van der Waals surface area contributed by atoms with Gasteiger partial charge in [0.2, 0.25) is 0 Å². The Morgan fingerprint density at radius 3 is 2.62 bits per heavy atom. The third kappa shape index (κ3) is 5.36. The second kappa shape index (κ2) is 9.25. The molecular formula is C18H16N4O3S. The Bertz CT molecular complexity index is 849. The highest BCUT2D eigenvalue weighted by Gasteiger charge is 2.16. The fourth-order valence-electron chi connectivity index (χ4n) is 2.25. The topological polar surface area (TPSA) is 99.3 Å². The van der Waals surface area contributed by atoms with Gasteiger partial charge >= 0.3 is 0 Å². The van der Waals surface area contributed by atoms with Gasteiger partial charge in [-0.1, -0.05) is 36.4 Å². The summed E-state index contributed by atoms with van der Waals surface area (Å²) in [5.41, 5.74) is 0.952. The van der Waals surface area contributed by atoms with Crippen LogP contribution in [0.3, 0.4) is 0 Å². The van der Waals surface area contributed by atoms with E-state index in [2.05, 4.69) is 11.4 Å². The average Bonchev–Trinajstić information content (AvgIpc) is 2.65. The lowest BCUT2D eigenvalue weighted by Crippen LogP contribution is -2.42. The van der Waals surface area contributed by atoms with Crippen LogP contribution in [-0.2, 0) is 6.54 Å². The summed E-state index contributed by atoms with van der Waals surface area (Å²) >= 11 is 5.30. The summed E-state index contributed by atoms with van der Waals surface area (Å²) in [6.45, 7) is 0.802. The number of nitrogens with one attached hydrogen (secondary N) is 1. The van der Waals surface area contributed by atoms with E-state index in [1.807, 2.05) is 30.3 Å². The molecule has 7 nitrogen and oxygen atoms in total. The number of nitro groups is 1.